The van der Waals surface area contributed by atoms with Gasteiger partial charge in [0.05, 0.1) is 5.02 Å². The zero-order chi connectivity index (χ0) is 25.9. The van der Waals surface area contributed by atoms with E-state index in [1.165, 1.54) is 23.1 Å². The summed E-state index contributed by atoms with van der Waals surface area (Å²) in [6.45, 7) is 2.32. The minimum atomic E-state index is -0.800. The van der Waals surface area contributed by atoms with Crippen LogP contribution in [0.25, 0.3) is 0 Å². The molecular weight excluding hydrogens is 502 g/mol. The van der Waals surface area contributed by atoms with Crippen molar-refractivity contribution in [2.75, 3.05) is 13.2 Å². The second-order valence-corrected chi connectivity index (χ2v) is 9.21. The fourth-order valence-corrected chi connectivity index (χ4v) is 4.12. The summed E-state index contributed by atoms with van der Waals surface area (Å²) in [7, 11) is 0. The molecule has 0 spiro atoms. The smallest absolute Gasteiger partial charge is 0.261 e. The van der Waals surface area contributed by atoms with Gasteiger partial charge in [0.1, 0.15) is 17.6 Å². The number of nitrogens with zero attached hydrogens (tertiary/aromatic N) is 1. The van der Waals surface area contributed by atoms with Crippen LogP contribution in [0.1, 0.15) is 30.9 Å². The van der Waals surface area contributed by atoms with Gasteiger partial charge in [-0.25, -0.2) is 4.39 Å². The topological polar surface area (TPSA) is 58.6 Å². The fraction of sp³-hybridized carbons (Fsp3) is 0.286. The van der Waals surface area contributed by atoms with Crippen molar-refractivity contribution in [2.45, 2.75) is 38.8 Å². The van der Waals surface area contributed by atoms with Gasteiger partial charge < -0.3 is 15.0 Å². The summed E-state index contributed by atoms with van der Waals surface area (Å²) in [4.78, 5) is 28.3. The van der Waals surface area contributed by atoms with E-state index in [2.05, 4.69) is 5.32 Å². The Bertz CT molecular complexity index is 1140. The minimum absolute atomic E-state index is 0.107. The van der Waals surface area contributed by atoms with E-state index in [4.69, 9.17) is 27.9 Å². The molecule has 0 aromatic heterocycles. The van der Waals surface area contributed by atoms with Crippen molar-refractivity contribution in [1.29, 1.82) is 0 Å². The summed E-state index contributed by atoms with van der Waals surface area (Å²) in [5, 5.41) is 3.68. The van der Waals surface area contributed by atoms with Gasteiger partial charge in [-0.1, -0.05) is 79.0 Å². The Morgan fingerprint density at radius 3 is 2.39 bits per heavy atom. The van der Waals surface area contributed by atoms with Gasteiger partial charge in [0.2, 0.25) is 5.91 Å². The first-order valence-electron chi connectivity index (χ1n) is 11.8. The fourth-order valence-electron chi connectivity index (χ4n) is 3.66. The van der Waals surface area contributed by atoms with Crippen LogP contribution in [0.3, 0.4) is 0 Å². The van der Waals surface area contributed by atoms with Crippen molar-refractivity contribution in [3.8, 4) is 5.75 Å². The summed E-state index contributed by atoms with van der Waals surface area (Å²) < 4.78 is 19.2. The summed E-state index contributed by atoms with van der Waals surface area (Å²) in [6, 6.07) is 19.3. The number of unbranched alkanes of at least 4 members (excludes halogenated alkanes) is 1. The Balaban J connectivity index is 1.88. The van der Waals surface area contributed by atoms with E-state index < -0.39 is 11.9 Å². The number of carbonyl (C=O) groups is 2. The number of hydrogen-bond donors (Lipinski definition) is 1. The average Bonchev–Trinajstić information content (AvgIpc) is 2.87. The van der Waals surface area contributed by atoms with Crippen LogP contribution in [-0.2, 0) is 22.6 Å². The molecule has 0 aliphatic rings. The van der Waals surface area contributed by atoms with Gasteiger partial charge in [-0.15, -0.1) is 0 Å². The van der Waals surface area contributed by atoms with Gasteiger partial charge in [0.15, 0.2) is 6.61 Å². The molecule has 36 heavy (non-hydrogen) atoms. The Hall–Kier alpha value is -3.09. The predicted molar refractivity (Wildman–Crippen MR) is 141 cm³/mol. The zero-order valence-corrected chi connectivity index (χ0v) is 21.6. The van der Waals surface area contributed by atoms with Gasteiger partial charge in [-0.3, -0.25) is 9.59 Å². The van der Waals surface area contributed by atoms with E-state index in [0.717, 1.165) is 18.4 Å². The Morgan fingerprint density at radius 2 is 1.72 bits per heavy atom. The van der Waals surface area contributed by atoms with E-state index in [1.54, 1.807) is 24.3 Å². The first kappa shape index (κ1) is 27.5. The molecule has 0 aliphatic carbocycles. The first-order valence-corrected chi connectivity index (χ1v) is 12.6. The molecule has 0 bridgehead atoms. The number of ether oxygens (including phenoxy) is 1. The van der Waals surface area contributed by atoms with E-state index in [-0.39, 0.29) is 29.9 Å². The molecule has 3 aromatic carbocycles. The van der Waals surface area contributed by atoms with Gasteiger partial charge in [-0.2, -0.15) is 0 Å². The quantitative estimate of drug-likeness (QED) is 0.289. The molecule has 0 saturated carbocycles. The highest BCUT2D eigenvalue weighted by molar-refractivity contribution is 6.35. The van der Waals surface area contributed by atoms with Crippen molar-refractivity contribution in [3.05, 3.63) is 99.8 Å². The van der Waals surface area contributed by atoms with Gasteiger partial charge in [0, 0.05) is 24.5 Å². The molecule has 1 N–H and O–H groups in total. The van der Waals surface area contributed by atoms with E-state index in [1.807, 2.05) is 37.3 Å². The van der Waals surface area contributed by atoms with Crippen LogP contribution in [0.15, 0.2) is 72.8 Å². The van der Waals surface area contributed by atoms with Crippen molar-refractivity contribution in [3.63, 3.8) is 0 Å². The van der Waals surface area contributed by atoms with E-state index in [9.17, 15) is 14.0 Å². The molecule has 3 aromatic rings. The Labute approximate surface area is 221 Å². The molecule has 0 radical (unpaired) electrons. The molecule has 1 atom stereocenters. The SMILES string of the molecule is CCCCNC(=O)C(Cc1ccccc1)N(Cc1ccc(F)cc1)C(=O)COc1ccc(Cl)cc1Cl. The number of hydrogen-bond acceptors (Lipinski definition) is 3. The van der Waals surface area contributed by atoms with Crippen LogP contribution in [0.4, 0.5) is 4.39 Å². The molecular formula is C28H29Cl2FN2O3. The third-order valence-electron chi connectivity index (χ3n) is 5.61. The number of amides is 2. The standard InChI is InChI=1S/C28H29Cl2FN2O3/c1-2-3-15-32-28(35)25(16-20-7-5-4-6-8-20)33(18-21-9-12-23(31)13-10-21)27(34)19-36-26-14-11-22(29)17-24(26)30/h4-14,17,25H,2-3,15-16,18-19H2,1H3,(H,32,35). The monoisotopic (exact) mass is 530 g/mol. The maximum atomic E-state index is 13.5. The van der Waals surface area contributed by atoms with Crippen molar-refractivity contribution in [2.24, 2.45) is 0 Å². The van der Waals surface area contributed by atoms with E-state index >= 15 is 0 Å². The number of carbonyl (C=O) groups excluding carboxylic acids is 2. The molecule has 0 aliphatic heterocycles. The van der Waals surface area contributed by atoms with Gasteiger partial charge in [0.25, 0.3) is 5.91 Å². The number of nitrogens with one attached hydrogen (secondary N) is 1. The van der Waals surface area contributed by atoms with Gasteiger partial charge in [-0.05, 0) is 47.9 Å². The number of halogens is 3. The second kappa shape index (κ2) is 13.9. The highest BCUT2D eigenvalue weighted by Gasteiger charge is 2.30. The average molecular weight is 531 g/mol. The van der Waals surface area contributed by atoms with Crippen molar-refractivity contribution < 1.29 is 18.7 Å². The maximum Gasteiger partial charge on any atom is 0.261 e. The molecule has 2 amide bonds. The number of rotatable bonds is 12. The summed E-state index contributed by atoms with van der Waals surface area (Å²) in [6.07, 6.45) is 2.07. The molecule has 8 heteroatoms. The highest BCUT2D eigenvalue weighted by atomic mass is 35.5. The normalized spacial score (nSPS) is 11.6. The summed E-state index contributed by atoms with van der Waals surface area (Å²) in [5.74, 6) is -0.733. The molecule has 5 nitrogen and oxygen atoms in total. The maximum absolute atomic E-state index is 13.5. The Morgan fingerprint density at radius 1 is 1.00 bits per heavy atom. The molecule has 1 unspecified atom stereocenters. The lowest BCUT2D eigenvalue weighted by atomic mass is 10.0. The summed E-state index contributed by atoms with van der Waals surface area (Å²) in [5.41, 5.74) is 1.60. The molecule has 190 valence electrons. The van der Waals surface area contributed by atoms with Crippen LogP contribution < -0.4 is 10.1 Å². The number of benzene rings is 3. The Kier molecular flexibility index (Phi) is 10.6. The van der Waals surface area contributed by atoms with E-state index in [0.29, 0.717) is 29.3 Å². The van der Waals surface area contributed by atoms with Crippen molar-refractivity contribution in [1.82, 2.24) is 10.2 Å². The lowest BCUT2D eigenvalue weighted by molar-refractivity contribution is -0.142. The lowest BCUT2D eigenvalue weighted by Gasteiger charge is -2.31. The zero-order valence-electron chi connectivity index (χ0n) is 20.1. The lowest BCUT2D eigenvalue weighted by Crippen LogP contribution is -2.51. The molecule has 0 heterocycles. The van der Waals surface area contributed by atoms with Crippen molar-refractivity contribution >= 4 is 35.0 Å². The molecule has 3 rings (SSSR count). The van der Waals surface area contributed by atoms with Gasteiger partial charge >= 0.3 is 0 Å². The van der Waals surface area contributed by atoms with Crippen LogP contribution >= 0.6 is 23.2 Å². The molecule has 0 fully saturated rings. The third kappa shape index (κ3) is 8.25. The minimum Gasteiger partial charge on any atom is -0.482 e. The van der Waals surface area contributed by atoms with Crippen LogP contribution in [0.5, 0.6) is 5.75 Å². The summed E-state index contributed by atoms with van der Waals surface area (Å²) >= 11 is 12.1. The highest BCUT2D eigenvalue weighted by Crippen LogP contribution is 2.27. The first-order chi connectivity index (χ1) is 17.4. The van der Waals surface area contributed by atoms with Crippen LogP contribution in [0, 0.1) is 5.82 Å². The molecule has 0 saturated heterocycles. The predicted octanol–water partition coefficient (Wildman–Crippen LogP) is 6.07. The largest absolute Gasteiger partial charge is 0.482 e. The second-order valence-electron chi connectivity index (χ2n) is 8.36. The van der Waals surface area contributed by atoms with Crippen LogP contribution in [-0.4, -0.2) is 35.9 Å². The third-order valence-corrected chi connectivity index (χ3v) is 6.14. The van der Waals surface area contributed by atoms with Crippen LogP contribution in [0.2, 0.25) is 10.0 Å².